The van der Waals surface area contributed by atoms with E-state index in [2.05, 4.69) is 22.5 Å². The maximum Gasteiger partial charge on any atom is 0.234 e. The molecular weight excluding hydrogens is 309 g/mol. The van der Waals surface area contributed by atoms with Gasteiger partial charge in [-0.15, -0.1) is 12.4 Å². The molecule has 1 aromatic carbocycles. The normalized spacial score (nSPS) is 20.4. The van der Waals surface area contributed by atoms with Crippen molar-refractivity contribution >= 4 is 29.9 Å². The maximum absolute atomic E-state index is 12.1. The summed E-state index contributed by atoms with van der Waals surface area (Å²) in [6, 6.07) is 7.93. The van der Waals surface area contributed by atoms with Gasteiger partial charge in [0, 0.05) is 30.7 Å². The summed E-state index contributed by atoms with van der Waals surface area (Å²) in [6.45, 7) is 7.33. The molecule has 1 saturated heterocycles. The third-order valence-electron chi connectivity index (χ3n) is 3.73. The Morgan fingerprint density at radius 2 is 2.24 bits per heavy atom. The minimum Gasteiger partial charge on any atom is -0.348 e. The lowest BCUT2D eigenvalue weighted by Crippen LogP contribution is -2.52. The molecule has 1 amide bonds. The minimum absolute atomic E-state index is 0. The van der Waals surface area contributed by atoms with Crippen molar-refractivity contribution in [2.75, 3.05) is 26.2 Å². The number of rotatable bonds is 4. The first-order valence-corrected chi connectivity index (χ1v) is 7.44. The van der Waals surface area contributed by atoms with Crippen LogP contribution in [-0.4, -0.2) is 43.0 Å². The molecule has 1 aromatic rings. The Balaban J connectivity index is 0.00000220. The molecule has 0 saturated carbocycles. The lowest BCUT2D eigenvalue weighted by Gasteiger charge is -2.33. The fourth-order valence-corrected chi connectivity index (χ4v) is 2.79. The minimum atomic E-state index is -0.0746. The predicted molar refractivity (Wildman–Crippen MR) is 89.2 cm³/mol. The Hall–Kier alpha value is -0.810. The zero-order chi connectivity index (χ0) is 14.5. The van der Waals surface area contributed by atoms with Crippen molar-refractivity contribution in [3.63, 3.8) is 0 Å². The van der Waals surface area contributed by atoms with E-state index in [0.717, 1.165) is 25.2 Å². The Morgan fingerprint density at radius 1 is 1.52 bits per heavy atom. The predicted octanol–water partition coefficient (Wildman–Crippen LogP) is 2.23. The first-order chi connectivity index (χ1) is 9.58. The summed E-state index contributed by atoms with van der Waals surface area (Å²) in [5, 5.41) is 7.03. The van der Waals surface area contributed by atoms with Gasteiger partial charge in [0.05, 0.1) is 12.6 Å². The van der Waals surface area contributed by atoms with Crippen molar-refractivity contribution in [1.82, 2.24) is 15.5 Å². The fourth-order valence-electron chi connectivity index (χ4n) is 2.49. The lowest BCUT2D eigenvalue weighted by molar-refractivity contribution is -0.123. The van der Waals surface area contributed by atoms with Crippen LogP contribution in [-0.2, 0) is 4.79 Å². The number of nitrogens with one attached hydrogen (secondary N) is 2. The Labute approximate surface area is 137 Å². The Morgan fingerprint density at radius 3 is 2.90 bits per heavy atom. The van der Waals surface area contributed by atoms with E-state index in [4.69, 9.17) is 11.6 Å². The third-order valence-corrected chi connectivity index (χ3v) is 4.08. The van der Waals surface area contributed by atoms with Crippen molar-refractivity contribution in [3.05, 3.63) is 34.9 Å². The molecule has 1 heterocycles. The van der Waals surface area contributed by atoms with Crippen LogP contribution in [0.1, 0.15) is 25.5 Å². The van der Waals surface area contributed by atoms with Crippen LogP contribution in [0.5, 0.6) is 0 Å². The van der Waals surface area contributed by atoms with E-state index >= 15 is 0 Å². The van der Waals surface area contributed by atoms with Crippen molar-refractivity contribution in [1.29, 1.82) is 0 Å². The summed E-state index contributed by atoms with van der Waals surface area (Å²) in [5.41, 5.74) is 0.955. The number of hydrogen-bond donors (Lipinski definition) is 2. The molecule has 118 valence electrons. The standard InChI is InChI=1S/C15H22ClN3O.ClH/c1-11-9-17-7-8-19(11)10-15(20)18-12(2)13-5-3-4-6-14(13)16;/h3-6,11-12,17H,7-10H2,1-2H3,(H,18,20);1H/t11-,12?;/m0./s1. The summed E-state index contributed by atoms with van der Waals surface area (Å²) < 4.78 is 0. The van der Waals surface area contributed by atoms with Gasteiger partial charge in [0.25, 0.3) is 0 Å². The highest BCUT2D eigenvalue weighted by molar-refractivity contribution is 6.31. The van der Waals surface area contributed by atoms with Gasteiger partial charge in [0.1, 0.15) is 0 Å². The summed E-state index contributed by atoms with van der Waals surface area (Å²) in [4.78, 5) is 14.3. The molecule has 2 N–H and O–H groups in total. The van der Waals surface area contributed by atoms with Gasteiger partial charge < -0.3 is 10.6 Å². The lowest BCUT2D eigenvalue weighted by atomic mass is 10.1. The van der Waals surface area contributed by atoms with Gasteiger partial charge in [-0.2, -0.15) is 0 Å². The number of carbonyl (C=O) groups excluding carboxylic acids is 1. The van der Waals surface area contributed by atoms with Crippen LogP contribution in [0, 0.1) is 0 Å². The Bertz CT molecular complexity index is 470. The zero-order valence-corrected chi connectivity index (χ0v) is 14.0. The Kier molecular flexibility index (Phi) is 7.46. The molecule has 4 nitrogen and oxygen atoms in total. The summed E-state index contributed by atoms with van der Waals surface area (Å²) in [5.74, 6) is 0.0474. The quantitative estimate of drug-likeness (QED) is 0.889. The molecule has 1 fully saturated rings. The van der Waals surface area contributed by atoms with E-state index in [9.17, 15) is 4.79 Å². The van der Waals surface area contributed by atoms with Crippen molar-refractivity contribution < 1.29 is 4.79 Å². The van der Waals surface area contributed by atoms with E-state index in [1.165, 1.54) is 0 Å². The van der Waals surface area contributed by atoms with Gasteiger partial charge in [-0.1, -0.05) is 29.8 Å². The van der Waals surface area contributed by atoms with Gasteiger partial charge in [-0.25, -0.2) is 0 Å². The average Bonchev–Trinajstić information content (AvgIpc) is 2.41. The molecule has 21 heavy (non-hydrogen) atoms. The van der Waals surface area contributed by atoms with Crippen LogP contribution >= 0.6 is 24.0 Å². The smallest absolute Gasteiger partial charge is 0.234 e. The van der Waals surface area contributed by atoms with E-state index in [-0.39, 0.29) is 24.4 Å². The van der Waals surface area contributed by atoms with Gasteiger partial charge in [0.2, 0.25) is 5.91 Å². The number of benzene rings is 1. The number of piperazine rings is 1. The molecule has 0 aliphatic carbocycles. The van der Waals surface area contributed by atoms with E-state index in [1.54, 1.807) is 0 Å². The van der Waals surface area contributed by atoms with Crippen LogP contribution < -0.4 is 10.6 Å². The van der Waals surface area contributed by atoms with Gasteiger partial charge in [-0.05, 0) is 25.5 Å². The zero-order valence-electron chi connectivity index (χ0n) is 12.4. The fraction of sp³-hybridized carbons (Fsp3) is 0.533. The largest absolute Gasteiger partial charge is 0.348 e. The summed E-state index contributed by atoms with van der Waals surface area (Å²) in [6.07, 6.45) is 0. The molecule has 0 spiro atoms. The first kappa shape index (κ1) is 18.2. The van der Waals surface area contributed by atoms with Crippen LogP contribution in [0.2, 0.25) is 5.02 Å². The van der Waals surface area contributed by atoms with Crippen LogP contribution in [0.25, 0.3) is 0 Å². The first-order valence-electron chi connectivity index (χ1n) is 7.06. The van der Waals surface area contributed by atoms with Gasteiger partial charge >= 0.3 is 0 Å². The molecule has 1 aliphatic rings. The van der Waals surface area contributed by atoms with Crippen LogP contribution in [0.15, 0.2) is 24.3 Å². The van der Waals surface area contributed by atoms with Gasteiger partial charge in [0.15, 0.2) is 0 Å². The van der Waals surface area contributed by atoms with E-state index < -0.39 is 0 Å². The summed E-state index contributed by atoms with van der Waals surface area (Å²) in [7, 11) is 0. The number of amides is 1. The molecule has 6 heteroatoms. The third kappa shape index (κ3) is 5.15. The monoisotopic (exact) mass is 331 g/mol. The molecule has 1 aliphatic heterocycles. The number of hydrogen-bond acceptors (Lipinski definition) is 3. The van der Waals surface area contributed by atoms with Crippen molar-refractivity contribution in [2.45, 2.75) is 25.9 Å². The number of halogens is 2. The highest BCUT2D eigenvalue weighted by Gasteiger charge is 2.21. The van der Waals surface area contributed by atoms with Crippen LogP contribution in [0.4, 0.5) is 0 Å². The molecule has 2 atom stereocenters. The molecule has 0 radical (unpaired) electrons. The molecular formula is C15H23Cl2N3O. The summed E-state index contributed by atoms with van der Waals surface area (Å²) >= 11 is 6.15. The second kappa shape index (κ2) is 8.59. The van der Waals surface area contributed by atoms with Crippen molar-refractivity contribution in [3.8, 4) is 0 Å². The molecule has 0 bridgehead atoms. The molecule has 1 unspecified atom stereocenters. The highest BCUT2D eigenvalue weighted by Crippen LogP contribution is 2.22. The number of nitrogens with zero attached hydrogens (tertiary/aromatic N) is 1. The highest BCUT2D eigenvalue weighted by atomic mass is 35.5. The van der Waals surface area contributed by atoms with Crippen LogP contribution in [0.3, 0.4) is 0 Å². The molecule has 2 rings (SSSR count). The SMILES string of the molecule is CC(NC(=O)CN1CCNC[C@@H]1C)c1ccccc1Cl.Cl. The average molecular weight is 332 g/mol. The van der Waals surface area contributed by atoms with E-state index in [1.807, 2.05) is 31.2 Å². The second-order valence-corrected chi connectivity index (χ2v) is 5.74. The molecule has 0 aromatic heterocycles. The second-order valence-electron chi connectivity index (χ2n) is 5.33. The van der Waals surface area contributed by atoms with Crippen molar-refractivity contribution in [2.24, 2.45) is 0 Å². The maximum atomic E-state index is 12.1. The number of carbonyl (C=O) groups is 1. The van der Waals surface area contributed by atoms with Gasteiger partial charge in [-0.3, -0.25) is 9.69 Å². The topological polar surface area (TPSA) is 44.4 Å². The van der Waals surface area contributed by atoms with E-state index in [0.29, 0.717) is 17.6 Å².